The SMILES string of the molecule is COc1ccc2c(c1)[C@@H]1NC(=S)N(c3ccccc3)[C@](C)(O2)[C@@H]1C(=O)N(C)C. The Morgan fingerprint density at radius 3 is 2.61 bits per heavy atom. The van der Waals surface area contributed by atoms with Gasteiger partial charge in [0.15, 0.2) is 10.8 Å². The van der Waals surface area contributed by atoms with Crippen LogP contribution in [0.15, 0.2) is 48.5 Å². The quantitative estimate of drug-likeness (QED) is 0.804. The Balaban J connectivity index is 1.91. The van der Waals surface area contributed by atoms with E-state index in [-0.39, 0.29) is 11.9 Å². The molecule has 0 unspecified atom stereocenters. The third-order valence-electron chi connectivity index (χ3n) is 5.43. The van der Waals surface area contributed by atoms with Crippen molar-refractivity contribution in [1.29, 1.82) is 0 Å². The molecule has 0 spiro atoms. The van der Waals surface area contributed by atoms with Gasteiger partial charge in [-0.25, -0.2) is 0 Å². The van der Waals surface area contributed by atoms with Crippen molar-refractivity contribution in [3.05, 3.63) is 54.1 Å². The van der Waals surface area contributed by atoms with Crippen LogP contribution in [0.25, 0.3) is 0 Å². The Bertz CT molecular complexity index is 934. The van der Waals surface area contributed by atoms with Crippen molar-refractivity contribution in [3.8, 4) is 11.5 Å². The summed E-state index contributed by atoms with van der Waals surface area (Å²) in [6, 6.07) is 15.1. The van der Waals surface area contributed by atoms with Gasteiger partial charge in [0.05, 0.1) is 13.2 Å². The van der Waals surface area contributed by atoms with Crippen LogP contribution in [-0.2, 0) is 4.79 Å². The molecule has 6 nitrogen and oxygen atoms in total. The van der Waals surface area contributed by atoms with Gasteiger partial charge in [0, 0.05) is 25.3 Å². The molecule has 0 aliphatic carbocycles. The third-order valence-corrected chi connectivity index (χ3v) is 5.73. The molecular formula is C21H23N3O3S. The molecule has 2 heterocycles. The van der Waals surface area contributed by atoms with E-state index < -0.39 is 11.6 Å². The van der Waals surface area contributed by atoms with Gasteiger partial charge in [0.1, 0.15) is 17.4 Å². The summed E-state index contributed by atoms with van der Waals surface area (Å²) in [4.78, 5) is 16.8. The van der Waals surface area contributed by atoms with E-state index in [1.165, 1.54) is 0 Å². The molecule has 0 radical (unpaired) electrons. The molecule has 0 saturated carbocycles. The minimum absolute atomic E-state index is 0.0306. The molecule has 2 aliphatic rings. The molecule has 2 aromatic rings. The minimum Gasteiger partial charge on any atom is -0.497 e. The van der Waals surface area contributed by atoms with Gasteiger partial charge in [0.2, 0.25) is 5.91 Å². The van der Waals surface area contributed by atoms with E-state index >= 15 is 0 Å². The largest absolute Gasteiger partial charge is 0.497 e. The first kappa shape index (κ1) is 18.6. The second-order valence-corrected chi connectivity index (χ2v) is 7.76. The number of ether oxygens (including phenoxy) is 2. The molecule has 146 valence electrons. The molecule has 0 aromatic heterocycles. The fourth-order valence-electron chi connectivity index (χ4n) is 4.11. The maximum absolute atomic E-state index is 13.3. The zero-order chi connectivity index (χ0) is 20.1. The van der Waals surface area contributed by atoms with Crippen molar-refractivity contribution in [2.75, 3.05) is 26.1 Å². The molecule has 28 heavy (non-hydrogen) atoms. The number of methoxy groups -OCH3 is 1. The monoisotopic (exact) mass is 397 g/mol. The van der Waals surface area contributed by atoms with Crippen LogP contribution in [0.1, 0.15) is 18.5 Å². The second kappa shape index (κ2) is 6.67. The summed E-state index contributed by atoms with van der Waals surface area (Å²) in [5.41, 5.74) is 0.763. The highest BCUT2D eigenvalue weighted by molar-refractivity contribution is 7.80. The van der Waals surface area contributed by atoms with Crippen molar-refractivity contribution in [2.24, 2.45) is 5.92 Å². The summed E-state index contributed by atoms with van der Waals surface area (Å²) in [7, 11) is 5.13. The molecule has 1 saturated heterocycles. The van der Waals surface area contributed by atoms with Gasteiger partial charge in [-0.2, -0.15) is 0 Å². The van der Waals surface area contributed by atoms with Gasteiger partial charge in [-0.3, -0.25) is 9.69 Å². The van der Waals surface area contributed by atoms with Crippen molar-refractivity contribution >= 4 is 28.9 Å². The Labute approximate surface area is 170 Å². The van der Waals surface area contributed by atoms with Crippen LogP contribution in [0.5, 0.6) is 11.5 Å². The summed E-state index contributed by atoms with van der Waals surface area (Å²) in [5.74, 6) is 0.887. The number of para-hydroxylation sites is 1. The van der Waals surface area contributed by atoms with E-state index in [4.69, 9.17) is 21.7 Å². The van der Waals surface area contributed by atoms with Crippen LogP contribution in [-0.4, -0.2) is 42.8 Å². The summed E-state index contributed by atoms with van der Waals surface area (Å²) in [6.07, 6.45) is 0. The Morgan fingerprint density at radius 2 is 1.96 bits per heavy atom. The maximum Gasteiger partial charge on any atom is 0.233 e. The molecule has 7 heteroatoms. The number of fused-ring (bicyclic) bond motifs is 4. The lowest BCUT2D eigenvalue weighted by Gasteiger charge is -2.56. The highest BCUT2D eigenvalue weighted by Crippen LogP contribution is 2.50. The average Bonchev–Trinajstić information content (AvgIpc) is 2.67. The van der Waals surface area contributed by atoms with Gasteiger partial charge in [-0.15, -0.1) is 0 Å². The van der Waals surface area contributed by atoms with Crippen LogP contribution >= 0.6 is 12.2 Å². The third kappa shape index (κ3) is 2.69. The van der Waals surface area contributed by atoms with Crippen LogP contribution in [0.4, 0.5) is 5.69 Å². The molecule has 2 bridgehead atoms. The molecule has 3 atom stereocenters. The van der Waals surface area contributed by atoms with Gasteiger partial charge in [-0.1, -0.05) is 18.2 Å². The topological polar surface area (TPSA) is 54.0 Å². The van der Waals surface area contributed by atoms with Gasteiger partial charge in [-0.05, 0) is 49.5 Å². The molecule has 1 amide bonds. The zero-order valence-corrected chi connectivity index (χ0v) is 17.1. The number of nitrogens with zero attached hydrogens (tertiary/aromatic N) is 2. The standard InChI is InChI=1S/C21H23N3O3S/c1-21-17(19(25)23(2)3)18(15-12-14(26-4)10-11-16(15)27-21)22-20(28)24(21)13-8-6-5-7-9-13/h5-12,17-18H,1-4H3,(H,22,28)/t17-,18-,21+/m0/s1. The van der Waals surface area contributed by atoms with E-state index in [1.807, 2.05) is 60.4 Å². The highest BCUT2D eigenvalue weighted by Gasteiger charge is 2.59. The molecule has 1 fully saturated rings. The van der Waals surface area contributed by atoms with Crippen LogP contribution in [0, 0.1) is 5.92 Å². The number of rotatable bonds is 3. The highest BCUT2D eigenvalue weighted by atomic mass is 32.1. The van der Waals surface area contributed by atoms with Gasteiger partial charge >= 0.3 is 0 Å². The Kier molecular flexibility index (Phi) is 4.42. The maximum atomic E-state index is 13.3. The predicted octanol–water partition coefficient (Wildman–Crippen LogP) is 2.94. The van der Waals surface area contributed by atoms with Crippen molar-refractivity contribution in [1.82, 2.24) is 10.2 Å². The number of benzene rings is 2. The van der Waals surface area contributed by atoms with E-state index in [1.54, 1.807) is 26.1 Å². The molecule has 4 rings (SSSR count). The van der Waals surface area contributed by atoms with Crippen molar-refractivity contribution < 1.29 is 14.3 Å². The number of carbonyl (C=O) groups excluding carboxylic acids is 1. The fraction of sp³-hybridized carbons (Fsp3) is 0.333. The summed E-state index contributed by atoms with van der Waals surface area (Å²) in [5, 5.41) is 3.91. The summed E-state index contributed by atoms with van der Waals surface area (Å²) < 4.78 is 11.9. The van der Waals surface area contributed by atoms with Gasteiger partial charge < -0.3 is 19.7 Å². The normalized spacial score (nSPS) is 25.3. The van der Waals surface area contributed by atoms with Crippen LogP contribution in [0.3, 0.4) is 0 Å². The van der Waals surface area contributed by atoms with Gasteiger partial charge in [0.25, 0.3) is 0 Å². The number of nitrogens with one attached hydrogen (secondary N) is 1. The van der Waals surface area contributed by atoms with E-state index in [0.717, 1.165) is 11.3 Å². The van der Waals surface area contributed by atoms with E-state index in [9.17, 15) is 4.79 Å². The summed E-state index contributed by atoms with van der Waals surface area (Å²) >= 11 is 5.71. The number of hydrogen-bond donors (Lipinski definition) is 1. The number of hydrogen-bond acceptors (Lipinski definition) is 4. The lowest BCUT2D eigenvalue weighted by atomic mass is 9.78. The smallest absolute Gasteiger partial charge is 0.233 e. The lowest BCUT2D eigenvalue weighted by Crippen LogP contribution is -2.72. The van der Waals surface area contributed by atoms with Crippen LogP contribution < -0.4 is 19.7 Å². The van der Waals surface area contributed by atoms with Crippen molar-refractivity contribution in [2.45, 2.75) is 18.7 Å². The number of anilines is 1. The first-order chi connectivity index (χ1) is 13.4. The average molecular weight is 398 g/mol. The first-order valence-corrected chi connectivity index (χ1v) is 9.51. The van der Waals surface area contributed by atoms with Crippen molar-refractivity contribution in [3.63, 3.8) is 0 Å². The van der Waals surface area contributed by atoms with E-state index in [2.05, 4.69) is 5.32 Å². The Morgan fingerprint density at radius 1 is 1.25 bits per heavy atom. The molecule has 1 N–H and O–H groups in total. The number of carbonyl (C=O) groups is 1. The Hall–Kier alpha value is -2.80. The second-order valence-electron chi connectivity index (χ2n) is 7.37. The number of amides is 1. The predicted molar refractivity (Wildman–Crippen MR) is 112 cm³/mol. The molecular weight excluding hydrogens is 374 g/mol. The fourth-order valence-corrected chi connectivity index (χ4v) is 4.52. The minimum atomic E-state index is -0.975. The molecule has 2 aliphatic heterocycles. The van der Waals surface area contributed by atoms with Crippen LogP contribution in [0.2, 0.25) is 0 Å². The van der Waals surface area contributed by atoms with E-state index in [0.29, 0.717) is 16.6 Å². The lowest BCUT2D eigenvalue weighted by molar-refractivity contribution is -0.144. The molecule has 2 aromatic carbocycles. The summed E-state index contributed by atoms with van der Waals surface area (Å²) in [6.45, 7) is 1.93. The first-order valence-electron chi connectivity index (χ1n) is 9.10. The number of thiocarbonyl (C=S) groups is 1. The zero-order valence-electron chi connectivity index (χ0n) is 16.3.